The van der Waals surface area contributed by atoms with Gasteiger partial charge in [0.15, 0.2) is 5.65 Å². The van der Waals surface area contributed by atoms with Gasteiger partial charge < -0.3 is 4.98 Å². The van der Waals surface area contributed by atoms with Crippen molar-refractivity contribution in [2.45, 2.75) is 33.1 Å². The first kappa shape index (κ1) is 12.8. The van der Waals surface area contributed by atoms with Gasteiger partial charge in [-0.3, -0.25) is 4.98 Å². The van der Waals surface area contributed by atoms with E-state index in [1.54, 1.807) is 6.20 Å². The van der Waals surface area contributed by atoms with Crippen molar-refractivity contribution in [1.29, 1.82) is 0 Å². The summed E-state index contributed by atoms with van der Waals surface area (Å²) >= 11 is 0. The minimum Gasteiger partial charge on any atom is -0.340 e. The van der Waals surface area contributed by atoms with Crippen molar-refractivity contribution in [3.8, 4) is 0 Å². The Hall–Kier alpha value is -2.23. The molecule has 4 nitrogen and oxygen atoms in total. The monoisotopic (exact) mass is 266 g/mol. The molecule has 0 saturated carbocycles. The lowest BCUT2D eigenvalue weighted by Gasteiger charge is -2.03. The number of aromatic amines is 1. The molecule has 0 atom stereocenters. The second-order valence-electron chi connectivity index (χ2n) is 5.03. The summed E-state index contributed by atoms with van der Waals surface area (Å²) in [5.74, 6) is 1.00. The lowest BCUT2D eigenvalue weighted by Crippen LogP contribution is -1.96. The Bertz CT molecular complexity index is 716. The highest BCUT2D eigenvalue weighted by molar-refractivity contribution is 5.74. The minimum absolute atomic E-state index is 0.836. The molecule has 3 aromatic heterocycles. The Labute approximate surface area is 118 Å². The molecule has 0 fully saturated rings. The lowest BCUT2D eigenvalue weighted by atomic mass is 10.1. The van der Waals surface area contributed by atoms with E-state index in [2.05, 4.69) is 45.9 Å². The molecule has 20 heavy (non-hydrogen) atoms. The Kier molecular flexibility index (Phi) is 3.46. The molecular weight excluding hydrogens is 248 g/mol. The van der Waals surface area contributed by atoms with E-state index in [4.69, 9.17) is 0 Å². The van der Waals surface area contributed by atoms with Gasteiger partial charge in [-0.2, -0.15) is 0 Å². The molecule has 0 spiro atoms. The van der Waals surface area contributed by atoms with Crippen molar-refractivity contribution >= 4 is 11.2 Å². The molecule has 0 aromatic carbocycles. The number of nitrogens with zero attached hydrogens (tertiary/aromatic N) is 3. The standard InChI is InChI=1S/C16H18N4/c1-3-14-19-15-11(2)9-13(18-16(15)20-14)7-6-12-5-4-8-17-10-12/h4-5,8-10H,3,6-7H2,1-2H3,(H,18,19,20). The van der Waals surface area contributed by atoms with Crippen molar-refractivity contribution in [3.05, 3.63) is 53.2 Å². The van der Waals surface area contributed by atoms with E-state index in [0.717, 1.165) is 41.9 Å². The zero-order valence-corrected chi connectivity index (χ0v) is 11.8. The van der Waals surface area contributed by atoms with Crippen LogP contribution in [-0.2, 0) is 19.3 Å². The van der Waals surface area contributed by atoms with Crippen LogP contribution in [0, 0.1) is 6.92 Å². The van der Waals surface area contributed by atoms with Crippen molar-refractivity contribution in [2.24, 2.45) is 0 Å². The van der Waals surface area contributed by atoms with Gasteiger partial charge in [-0.1, -0.05) is 13.0 Å². The Morgan fingerprint density at radius 2 is 2.10 bits per heavy atom. The molecule has 3 heterocycles. The van der Waals surface area contributed by atoms with Crippen molar-refractivity contribution in [3.63, 3.8) is 0 Å². The number of imidazole rings is 1. The van der Waals surface area contributed by atoms with E-state index in [9.17, 15) is 0 Å². The number of hydrogen-bond acceptors (Lipinski definition) is 3. The quantitative estimate of drug-likeness (QED) is 0.789. The van der Waals surface area contributed by atoms with E-state index >= 15 is 0 Å². The van der Waals surface area contributed by atoms with E-state index < -0.39 is 0 Å². The van der Waals surface area contributed by atoms with Gasteiger partial charge in [-0.15, -0.1) is 0 Å². The number of hydrogen-bond donors (Lipinski definition) is 1. The number of nitrogens with one attached hydrogen (secondary N) is 1. The number of rotatable bonds is 4. The third-order valence-electron chi connectivity index (χ3n) is 3.49. The number of aryl methyl sites for hydroxylation is 4. The highest BCUT2D eigenvalue weighted by Gasteiger charge is 2.08. The predicted molar refractivity (Wildman–Crippen MR) is 79.6 cm³/mol. The molecule has 0 aliphatic carbocycles. The van der Waals surface area contributed by atoms with Gasteiger partial charge in [-0.05, 0) is 43.0 Å². The molecule has 0 radical (unpaired) electrons. The molecule has 1 N–H and O–H groups in total. The van der Waals surface area contributed by atoms with Gasteiger partial charge >= 0.3 is 0 Å². The fourth-order valence-electron chi connectivity index (χ4n) is 2.37. The number of aromatic nitrogens is 4. The van der Waals surface area contributed by atoms with Crippen LogP contribution < -0.4 is 0 Å². The Morgan fingerprint density at radius 3 is 2.85 bits per heavy atom. The molecule has 4 heteroatoms. The van der Waals surface area contributed by atoms with Crippen molar-refractivity contribution in [2.75, 3.05) is 0 Å². The Morgan fingerprint density at radius 1 is 1.20 bits per heavy atom. The first-order valence-corrected chi connectivity index (χ1v) is 7.00. The zero-order valence-electron chi connectivity index (χ0n) is 11.8. The first-order chi connectivity index (χ1) is 9.76. The van der Waals surface area contributed by atoms with Crippen LogP contribution in [-0.4, -0.2) is 19.9 Å². The van der Waals surface area contributed by atoms with Crippen molar-refractivity contribution in [1.82, 2.24) is 19.9 Å². The molecule has 3 aromatic rings. The second kappa shape index (κ2) is 5.41. The zero-order chi connectivity index (χ0) is 13.9. The number of H-pyrrole nitrogens is 1. The topological polar surface area (TPSA) is 54.5 Å². The lowest BCUT2D eigenvalue weighted by molar-refractivity contribution is 0.910. The third kappa shape index (κ3) is 2.54. The van der Waals surface area contributed by atoms with Gasteiger partial charge in [0.2, 0.25) is 0 Å². The van der Waals surface area contributed by atoms with Crippen LogP contribution in [0.4, 0.5) is 0 Å². The van der Waals surface area contributed by atoms with Gasteiger partial charge in [0, 0.05) is 24.5 Å². The Balaban J connectivity index is 1.85. The minimum atomic E-state index is 0.836. The summed E-state index contributed by atoms with van der Waals surface area (Å²) in [6.07, 6.45) is 6.48. The molecular formula is C16H18N4. The summed E-state index contributed by atoms with van der Waals surface area (Å²) in [4.78, 5) is 16.7. The van der Waals surface area contributed by atoms with Crippen LogP contribution in [0.15, 0.2) is 30.6 Å². The molecule has 3 rings (SSSR count). The molecule has 102 valence electrons. The highest BCUT2D eigenvalue weighted by atomic mass is 15.0. The molecule has 0 aliphatic rings. The summed E-state index contributed by atoms with van der Waals surface area (Å²) in [6.45, 7) is 4.20. The second-order valence-corrected chi connectivity index (χ2v) is 5.03. The van der Waals surface area contributed by atoms with E-state index in [-0.39, 0.29) is 0 Å². The third-order valence-corrected chi connectivity index (χ3v) is 3.49. The molecule has 0 unspecified atom stereocenters. The normalized spacial score (nSPS) is 11.1. The van der Waals surface area contributed by atoms with Gasteiger partial charge in [0.1, 0.15) is 5.82 Å². The van der Waals surface area contributed by atoms with Gasteiger partial charge in [-0.25, -0.2) is 9.97 Å². The smallest absolute Gasteiger partial charge is 0.178 e. The van der Waals surface area contributed by atoms with Crippen LogP contribution in [0.2, 0.25) is 0 Å². The molecule has 0 aliphatic heterocycles. The fourth-order valence-corrected chi connectivity index (χ4v) is 2.37. The van der Waals surface area contributed by atoms with Crippen LogP contribution in [0.25, 0.3) is 11.2 Å². The summed E-state index contributed by atoms with van der Waals surface area (Å²) in [7, 11) is 0. The summed E-state index contributed by atoms with van der Waals surface area (Å²) in [5, 5.41) is 0. The largest absolute Gasteiger partial charge is 0.340 e. The van der Waals surface area contributed by atoms with Gasteiger partial charge in [0.05, 0.1) is 5.52 Å². The maximum atomic E-state index is 4.66. The molecule has 0 bridgehead atoms. The van der Waals surface area contributed by atoms with Crippen LogP contribution in [0.3, 0.4) is 0 Å². The maximum absolute atomic E-state index is 4.66. The van der Waals surface area contributed by atoms with Crippen LogP contribution >= 0.6 is 0 Å². The average molecular weight is 266 g/mol. The van der Waals surface area contributed by atoms with Gasteiger partial charge in [0.25, 0.3) is 0 Å². The number of pyridine rings is 2. The van der Waals surface area contributed by atoms with Crippen molar-refractivity contribution < 1.29 is 0 Å². The highest BCUT2D eigenvalue weighted by Crippen LogP contribution is 2.17. The van der Waals surface area contributed by atoms with E-state index in [1.165, 1.54) is 11.1 Å². The summed E-state index contributed by atoms with van der Waals surface area (Å²) in [5.41, 5.74) is 5.44. The van der Waals surface area contributed by atoms with Crippen LogP contribution in [0.5, 0.6) is 0 Å². The maximum Gasteiger partial charge on any atom is 0.178 e. The van der Waals surface area contributed by atoms with E-state index in [1.807, 2.05) is 12.3 Å². The first-order valence-electron chi connectivity index (χ1n) is 7.00. The molecule has 0 amide bonds. The van der Waals surface area contributed by atoms with Crippen LogP contribution in [0.1, 0.15) is 29.6 Å². The SMILES string of the molecule is CCc1nc2nc(CCc3cccnc3)cc(C)c2[nH]1. The summed E-state index contributed by atoms with van der Waals surface area (Å²) in [6, 6.07) is 6.22. The predicted octanol–water partition coefficient (Wildman–Crippen LogP) is 3.01. The fraction of sp³-hybridized carbons (Fsp3) is 0.312. The summed E-state index contributed by atoms with van der Waals surface area (Å²) < 4.78 is 0. The average Bonchev–Trinajstić information content (AvgIpc) is 2.90. The number of fused-ring (bicyclic) bond motifs is 1. The molecule has 0 saturated heterocycles. The van der Waals surface area contributed by atoms with E-state index in [0.29, 0.717) is 0 Å².